The van der Waals surface area contributed by atoms with Gasteiger partial charge < -0.3 is 10.2 Å². The predicted molar refractivity (Wildman–Crippen MR) is 40.7 cm³/mol. The van der Waals surface area contributed by atoms with Gasteiger partial charge in [-0.05, 0) is 19.3 Å². The molecule has 0 unspecified atom stereocenters. The Morgan fingerprint density at radius 1 is 1.00 bits per heavy atom. The van der Waals surface area contributed by atoms with Gasteiger partial charge in [0.25, 0.3) is 0 Å². The fraction of sp³-hybridized carbons (Fsp3) is 0.750. The average molecular weight is 172 g/mol. The van der Waals surface area contributed by atoms with E-state index in [0.29, 0.717) is 25.7 Å². The lowest BCUT2D eigenvalue weighted by Gasteiger charge is -2.23. The lowest BCUT2D eigenvalue weighted by molar-refractivity contribution is -0.147. The van der Waals surface area contributed by atoms with E-state index in [1.807, 2.05) is 0 Å². The Morgan fingerprint density at radius 3 is 1.75 bits per heavy atom. The third-order valence-electron chi connectivity index (χ3n) is 2.37. The molecule has 0 saturated heterocycles. The van der Waals surface area contributed by atoms with E-state index in [2.05, 4.69) is 0 Å². The molecule has 1 rings (SSSR count). The SMILES string of the molecule is O=C(O)[C@@H]1CCC[C@@H](C(=O)O)C1. The molecule has 1 aliphatic carbocycles. The van der Waals surface area contributed by atoms with Crippen molar-refractivity contribution in [2.75, 3.05) is 0 Å². The molecule has 0 aromatic heterocycles. The van der Waals surface area contributed by atoms with E-state index in [-0.39, 0.29) is 0 Å². The summed E-state index contributed by atoms with van der Waals surface area (Å²) in [6, 6.07) is 0. The summed E-state index contributed by atoms with van der Waals surface area (Å²) in [5.74, 6) is -2.61. The second kappa shape index (κ2) is 3.56. The normalized spacial score (nSPS) is 29.7. The van der Waals surface area contributed by atoms with Gasteiger partial charge in [0.1, 0.15) is 0 Å². The molecule has 1 fully saturated rings. The Labute approximate surface area is 70.2 Å². The van der Waals surface area contributed by atoms with Crippen LogP contribution in [0.1, 0.15) is 25.7 Å². The van der Waals surface area contributed by atoms with Gasteiger partial charge in [-0.25, -0.2) is 0 Å². The van der Waals surface area contributed by atoms with Crippen LogP contribution in [0.4, 0.5) is 0 Å². The van der Waals surface area contributed by atoms with Crippen LogP contribution >= 0.6 is 0 Å². The molecule has 12 heavy (non-hydrogen) atoms. The summed E-state index contributed by atoms with van der Waals surface area (Å²) < 4.78 is 0. The number of hydrogen-bond donors (Lipinski definition) is 2. The highest BCUT2D eigenvalue weighted by molar-refractivity contribution is 5.74. The number of aliphatic carboxylic acids is 2. The molecular weight excluding hydrogens is 160 g/mol. The standard InChI is InChI=1S/C8H12O4/c9-7(10)5-2-1-3-6(4-5)8(11)12/h5-6H,1-4H2,(H,9,10)(H,11,12)/t5-,6-/m1/s1. The maximum atomic E-state index is 10.5. The van der Waals surface area contributed by atoms with E-state index in [9.17, 15) is 9.59 Å². The summed E-state index contributed by atoms with van der Waals surface area (Å²) in [4.78, 5) is 21.1. The first-order chi connectivity index (χ1) is 5.61. The van der Waals surface area contributed by atoms with Gasteiger partial charge in [0.05, 0.1) is 11.8 Å². The van der Waals surface area contributed by atoms with Crippen LogP contribution in [0, 0.1) is 11.8 Å². The molecule has 0 heterocycles. The highest BCUT2D eigenvalue weighted by atomic mass is 16.4. The van der Waals surface area contributed by atoms with E-state index in [1.54, 1.807) is 0 Å². The Bertz CT molecular complexity index is 179. The van der Waals surface area contributed by atoms with Crippen molar-refractivity contribution in [3.8, 4) is 0 Å². The first kappa shape index (κ1) is 9.03. The van der Waals surface area contributed by atoms with Gasteiger partial charge in [-0.1, -0.05) is 6.42 Å². The second-order valence-electron chi connectivity index (χ2n) is 3.24. The van der Waals surface area contributed by atoms with Crippen molar-refractivity contribution in [1.82, 2.24) is 0 Å². The smallest absolute Gasteiger partial charge is 0.306 e. The topological polar surface area (TPSA) is 74.6 Å². The predicted octanol–water partition coefficient (Wildman–Crippen LogP) is 0.962. The summed E-state index contributed by atoms with van der Waals surface area (Å²) >= 11 is 0. The highest BCUT2D eigenvalue weighted by Crippen LogP contribution is 2.29. The molecule has 2 N–H and O–H groups in total. The quantitative estimate of drug-likeness (QED) is 0.650. The Hall–Kier alpha value is -1.06. The number of carboxylic acid groups (broad SMARTS) is 2. The van der Waals surface area contributed by atoms with Crippen LogP contribution in [0.2, 0.25) is 0 Å². The van der Waals surface area contributed by atoms with E-state index in [1.165, 1.54) is 0 Å². The van der Waals surface area contributed by atoms with Gasteiger partial charge in [0.15, 0.2) is 0 Å². The molecule has 4 nitrogen and oxygen atoms in total. The van der Waals surface area contributed by atoms with E-state index in [4.69, 9.17) is 10.2 Å². The number of carbonyl (C=O) groups is 2. The third-order valence-corrected chi connectivity index (χ3v) is 2.37. The summed E-state index contributed by atoms with van der Waals surface area (Å²) in [7, 11) is 0. The molecule has 0 amide bonds. The summed E-state index contributed by atoms with van der Waals surface area (Å²) in [6.07, 6.45) is 2.26. The van der Waals surface area contributed by atoms with Gasteiger partial charge in [-0.3, -0.25) is 9.59 Å². The zero-order valence-corrected chi connectivity index (χ0v) is 6.69. The van der Waals surface area contributed by atoms with Crippen LogP contribution in [-0.4, -0.2) is 22.2 Å². The highest BCUT2D eigenvalue weighted by Gasteiger charge is 2.30. The molecule has 1 saturated carbocycles. The number of carboxylic acids is 2. The minimum absolute atomic E-state index is 0.296. The molecule has 0 aromatic rings. The molecule has 4 heteroatoms. The fourth-order valence-corrected chi connectivity index (χ4v) is 1.64. The third kappa shape index (κ3) is 1.96. The van der Waals surface area contributed by atoms with Crippen molar-refractivity contribution >= 4 is 11.9 Å². The van der Waals surface area contributed by atoms with Gasteiger partial charge in [-0.2, -0.15) is 0 Å². The molecule has 0 aromatic carbocycles. The maximum Gasteiger partial charge on any atom is 0.306 e. The second-order valence-corrected chi connectivity index (χ2v) is 3.24. The van der Waals surface area contributed by atoms with Gasteiger partial charge >= 0.3 is 11.9 Å². The van der Waals surface area contributed by atoms with Crippen LogP contribution in [0.25, 0.3) is 0 Å². The molecular formula is C8H12O4. The lowest BCUT2D eigenvalue weighted by Crippen LogP contribution is -2.26. The fourth-order valence-electron chi connectivity index (χ4n) is 1.64. The minimum atomic E-state index is -0.860. The minimum Gasteiger partial charge on any atom is -0.481 e. The average Bonchev–Trinajstić information content (AvgIpc) is 2.04. The molecule has 68 valence electrons. The van der Waals surface area contributed by atoms with E-state index in [0.717, 1.165) is 0 Å². The van der Waals surface area contributed by atoms with Gasteiger partial charge in [0.2, 0.25) is 0 Å². The Morgan fingerprint density at radius 2 is 1.42 bits per heavy atom. The van der Waals surface area contributed by atoms with Crippen molar-refractivity contribution in [3.63, 3.8) is 0 Å². The first-order valence-electron chi connectivity index (χ1n) is 4.07. The van der Waals surface area contributed by atoms with Crippen molar-refractivity contribution in [2.45, 2.75) is 25.7 Å². The monoisotopic (exact) mass is 172 g/mol. The van der Waals surface area contributed by atoms with Gasteiger partial charge in [-0.15, -0.1) is 0 Å². The van der Waals surface area contributed by atoms with Crippen LogP contribution < -0.4 is 0 Å². The Kier molecular flexibility index (Phi) is 2.68. The van der Waals surface area contributed by atoms with Crippen LogP contribution in [0.5, 0.6) is 0 Å². The molecule has 0 radical (unpaired) electrons. The van der Waals surface area contributed by atoms with Crippen molar-refractivity contribution in [2.24, 2.45) is 11.8 Å². The van der Waals surface area contributed by atoms with Crippen LogP contribution in [0.3, 0.4) is 0 Å². The van der Waals surface area contributed by atoms with E-state index >= 15 is 0 Å². The molecule has 1 aliphatic rings. The zero-order chi connectivity index (χ0) is 9.14. The summed E-state index contributed by atoms with van der Waals surface area (Å²) in [6.45, 7) is 0. The van der Waals surface area contributed by atoms with Crippen LogP contribution in [-0.2, 0) is 9.59 Å². The molecule has 2 atom stereocenters. The largest absolute Gasteiger partial charge is 0.481 e. The van der Waals surface area contributed by atoms with Crippen molar-refractivity contribution in [1.29, 1.82) is 0 Å². The number of rotatable bonds is 2. The van der Waals surface area contributed by atoms with Crippen molar-refractivity contribution in [3.05, 3.63) is 0 Å². The summed E-state index contributed by atoms with van der Waals surface area (Å²) in [5, 5.41) is 17.3. The lowest BCUT2D eigenvalue weighted by atomic mass is 9.81. The Balaban J connectivity index is 2.51. The maximum absolute atomic E-state index is 10.5. The number of hydrogen-bond acceptors (Lipinski definition) is 2. The van der Waals surface area contributed by atoms with E-state index < -0.39 is 23.8 Å². The van der Waals surface area contributed by atoms with Crippen LogP contribution in [0.15, 0.2) is 0 Å². The molecule has 0 aliphatic heterocycles. The molecule has 0 spiro atoms. The molecule has 0 bridgehead atoms. The van der Waals surface area contributed by atoms with Gasteiger partial charge in [0, 0.05) is 0 Å². The first-order valence-corrected chi connectivity index (χ1v) is 4.07. The summed E-state index contributed by atoms with van der Waals surface area (Å²) in [5.41, 5.74) is 0. The van der Waals surface area contributed by atoms with Crippen molar-refractivity contribution < 1.29 is 19.8 Å². The zero-order valence-electron chi connectivity index (χ0n) is 6.69.